The molecule has 1 saturated carbocycles. The van der Waals surface area contributed by atoms with Gasteiger partial charge in [-0.3, -0.25) is 9.59 Å². The first-order valence-corrected chi connectivity index (χ1v) is 9.69. The van der Waals surface area contributed by atoms with Crippen molar-refractivity contribution in [1.29, 1.82) is 0 Å². The van der Waals surface area contributed by atoms with Crippen molar-refractivity contribution in [2.75, 3.05) is 34.8 Å². The minimum Gasteiger partial charge on any atom is -0.481 e. The highest BCUT2D eigenvalue weighted by molar-refractivity contribution is 7.99. The molecule has 130 valence electrons. The monoisotopic (exact) mass is 368 g/mol. The van der Waals surface area contributed by atoms with Crippen molar-refractivity contribution in [1.82, 2.24) is 0 Å². The third kappa shape index (κ3) is 3.64. The van der Waals surface area contributed by atoms with Crippen LogP contribution in [0.4, 0.5) is 11.4 Å². The van der Waals surface area contributed by atoms with Crippen LogP contribution in [0.25, 0.3) is 0 Å². The summed E-state index contributed by atoms with van der Waals surface area (Å²) in [6, 6.07) is 5.48. The molecule has 0 atom stereocenters. The van der Waals surface area contributed by atoms with E-state index in [-0.39, 0.29) is 12.3 Å². The molecule has 1 amide bonds. The highest BCUT2D eigenvalue weighted by Gasteiger charge is 2.45. The molecule has 0 spiro atoms. The molecule has 0 radical (unpaired) electrons. The molecule has 24 heavy (non-hydrogen) atoms. The number of carboxylic acids is 1. The zero-order chi connectivity index (χ0) is 17.2. The predicted octanol–water partition coefficient (Wildman–Crippen LogP) is 3.48. The van der Waals surface area contributed by atoms with E-state index < -0.39 is 11.4 Å². The van der Waals surface area contributed by atoms with Gasteiger partial charge in [-0.1, -0.05) is 18.0 Å². The molecule has 1 aromatic rings. The number of rotatable bonds is 5. The number of thioether (sulfide) groups is 1. The number of carboxylic acid groups (broad SMARTS) is 1. The second-order valence-corrected chi connectivity index (χ2v) is 8.09. The van der Waals surface area contributed by atoms with E-state index in [9.17, 15) is 14.7 Å². The number of hydrogen-bond donors (Lipinski definition) is 2. The van der Waals surface area contributed by atoms with Gasteiger partial charge in [0.1, 0.15) is 0 Å². The van der Waals surface area contributed by atoms with Gasteiger partial charge in [-0.15, -0.1) is 0 Å². The second kappa shape index (κ2) is 7.23. The molecule has 2 N–H and O–H groups in total. The number of carbonyl (C=O) groups is 2. The smallest absolute Gasteiger partial charge is 0.310 e. The van der Waals surface area contributed by atoms with Crippen LogP contribution in [0.2, 0.25) is 5.02 Å². The van der Waals surface area contributed by atoms with E-state index in [0.29, 0.717) is 23.6 Å². The average molecular weight is 369 g/mol. The molecule has 2 fully saturated rings. The summed E-state index contributed by atoms with van der Waals surface area (Å²) in [4.78, 5) is 26.1. The fourth-order valence-corrected chi connectivity index (χ4v) is 4.34. The molecule has 3 rings (SSSR count). The fraction of sp³-hybridized carbons (Fsp3) is 0.529. The molecule has 1 aliphatic heterocycles. The largest absolute Gasteiger partial charge is 0.481 e. The van der Waals surface area contributed by atoms with Crippen molar-refractivity contribution >= 4 is 46.6 Å². The van der Waals surface area contributed by atoms with Crippen LogP contribution in [-0.4, -0.2) is 41.6 Å². The van der Waals surface area contributed by atoms with Gasteiger partial charge in [0.25, 0.3) is 0 Å². The molecular formula is C17H21ClN2O3S. The maximum absolute atomic E-state index is 12.4. The predicted molar refractivity (Wildman–Crippen MR) is 98.2 cm³/mol. The van der Waals surface area contributed by atoms with Crippen molar-refractivity contribution < 1.29 is 14.7 Å². The van der Waals surface area contributed by atoms with E-state index in [0.717, 1.165) is 36.7 Å². The third-order valence-electron chi connectivity index (χ3n) is 4.85. The van der Waals surface area contributed by atoms with Gasteiger partial charge in [-0.05, 0) is 31.0 Å². The first kappa shape index (κ1) is 17.4. The molecule has 0 unspecified atom stereocenters. The molecule has 1 heterocycles. The van der Waals surface area contributed by atoms with Gasteiger partial charge >= 0.3 is 5.97 Å². The Morgan fingerprint density at radius 2 is 2.00 bits per heavy atom. The summed E-state index contributed by atoms with van der Waals surface area (Å²) in [7, 11) is 0. The van der Waals surface area contributed by atoms with Gasteiger partial charge in [-0.25, -0.2) is 0 Å². The quantitative estimate of drug-likeness (QED) is 0.832. The summed E-state index contributed by atoms with van der Waals surface area (Å²) >= 11 is 8.01. The third-order valence-corrected chi connectivity index (χ3v) is 6.03. The lowest BCUT2D eigenvalue weighted by molar-refractivity contribution is -0.157. The molecule has 7 heteroatoms. The van der Waals surface area contributed by atoms with Crippen LogP contribution >= 0.6 is 23.4 Å². The molecule has 5 nitrogen and oxygen atoms in total. The van der Waals surface area contributed by atoms with Crippen LogP contribution in [-0.2, 0) is 9.59 Å². The Bertz CT molecular complexity index is 643. The number of carbonyl (C=O) groups excluding carboxylic acids is 1. The second-order valence-electron chi connectivity index (χ2n) is 6.42. The molecule has 1 saturated heterocycles. The number of nitrogens with zero attached hydrogens (tertiary/aromatic N) is 1. The standard InChI is InChI=1S/C17H21ClN2O3S/c18-12-2-3-14(20-6-8-24-9-7-20)13(10-12)19-15(21)11-17(16(22)23)4-1-5-17/h2-3,10H,1,4-9,11H2,(H,19,21)(H,22,23). The Labute approximate surface area is 150 Å². The van der Waals surface area contributed by atoms with E-state index in [4.69, 9.17) is 11.6 Å². The van der Waals surface area contributed by atoms with E-state index in [2.05, 4.69) is 10.2 Å². The minimum absolute atomic E-state index is 0.0180. The van der Waals surface area contributed by atoms with Crippen LogP contribution in [0.15, 0.2) is 18.2 Å². The number of hydrogen-bond acceptors (Lipinski definition) is 4. The van der Waals surface area contributed by atoms with Crippen LogP contribution in [0.5, 0.6) is 0 Å². The van der Waals surface area contributed by atoms with Gasteiger partial charge in [-0.2, -0.15) is 11.8 Å². The van der Waals surface area contributed by atoms with E-state index in [1.54, 1.807) is 6.07 Å². The number of nitrogens with one attached hydrogen (secondary N) is 1. The topological polar surface area (TPSA) is 69.6 Å². The van der Waals surface area contributed by atoms with Crippen LogP contribution in [0, 0.1) is 5.41 Å². The van der Waals surface area contributed by atoms with Crippen molar-refractivity contribution in [2.24, 2.45) is 5.41 Å². The van der Waals surface area contributed by atoms with Gasteiger partial charge in [0.05, 0.1) is 16.8 Å². The molecule has 1 aliphatic carbocycles. The first-order valence-electron chi connectivity index (χ1n) is 8.16. The summed E-state index contributed by atoms with van der Waals surface area (Å²) in [5.74, 6) is 0.978. The molecule has 1 aromatic carbocycles. The lowest BCUT2D eigenvalue weighted by Crippen LogP contribution is -2.41. The molecule has 0 bridgehead atoms. The van der Waals surface area contributed by atoms with E-state index in [1.165, 1.54) is 0 Å². The lowest BCUT2D eigenvalue weighted by atomic mass is 9.66. The summed E-state index contributed by atoms with van der Waals surface area (Å²) in [6.45, 7) is 1.85. The van der Waals surface area contributed by atoms with Crippen molar-refractivity contribution in [3.8, 4) is 0 Å². The highest BCUT2D eigenvalue weighted by Crippen LogP contribution is 2.44. The van der Waals surface area contributed by atoms with Gasteiger partial charge in [0.2, 0.25) is 5.91 Å². The Balaban J connectivity index is 1.75. The summed E-state index contributed by atoms with van der Waals surface area (Å²) < 4.78 is 0. The lowest BCUT2D eigenvalue weighted by Gasteiger charge is -2.37. The molecular weight excluding hydrogens is 348 g/mol. The zero-order valence-electron chi connectivity index (χ0n) is 13.4. The fourth-order valence-electron chi connectivity index (χ4n) is 3.26. The van der Waals surface area contributed by atoms with Gasteiger partial charge in [0.15, 0.2) is 0 Å². The Kier molecular flexibility index (Phi) is 5.25. The Morgan fingerprint density at radius 3 is 2.58 bits per heavy atom. The zero-order valence-corrected chi connectivity index (χ0v) is 15.0. The maximum Gasteiger partial charge on any atom is 0.310 e. The summed E-state index contributed by atoms with van der Waals surface area (Å²) in [5.41, 5.74) is 0.732. The summed E-state index contributed by atoms with van der Waals surface area (Å²) in [6.07, 6.45) is 2.03. The number of halogens is 1. The number of benzene rings is 1. The summed E-state index contributed by atoms with van der Waals surface area (Å²) in [5, 5.41) is 12.8. The van der Waals surface area contributed by atoms with Crippen LogP contribution < -0.4 is 10.2 Å². The van der Waals surface area contributed by atoms with Crippen molar-refractivity contribution in [2.45, 2.75) is 25.7 Å². The minimum atomic E-state index is -0.884. The SMILES string of the molecule is O=C(CC1(C(=O)O)CCC1)Nc1cc(Cl)ccc1N1CCSCC1. The van der Waals surface area contributed by atoms with Crippen molar-refractivity contribution in [3.63, 3.8) is 0 Å². The Morgan fingerprint density at radius 1 is 1.29 bits per heavy atom. The van der Waals surface area contributed by atoms with Crippen molar-refractivity contribution in [3.05, 3.63) is 23.2 Å². The molecule has 0 aromatic heterocycles. The maximum atomic E-state index is 12.4. The number of anilines is 2. The first-order chi connectivity index (χ1) is 11.5. The highest BCUT2D eigenvalue weighted by atomic mass is 35.5. The Hall–Kier alpha value is -1.40. The van der Waals surface area contributed by atoms with Crippen LogP contribution in [0.3, 0.4) is 0 Å². The van der Waals surface area contributed by atoms with Gasteiger partial charge in [0, 0.05) is 36.0 Å². The van der Waals surface area contributed by atoms with Gasteiger partial charge < -0.3 is 15.3 Å². The number of aliphatic carboxylic acids is 1. The average Bonchev–Trinajstić information content (AvgIpc) is 2.51. The normalized spacial score (nSPS) is 19.5. The van der Waals surface area contributed by atoms with Crippen LogP contribution in [0.1, 0.15) is 25.7 Å². The van der Waals surface area contributed by atoms with E-state index in [1.807, 2.05) is 23.9 Å². The molecule has 2 aliphatic rings. The van der Waals surface area contributed by atoms with E-state index >= 15 is 0 Å². The number of amides is 1.